The van der Waals surface area contributed by atoms with Crippen LogP contribution >= 0.6 is 0 Å². The van der Waals surface area contributed by atoms with Gasteiger partial charge in [0.25, 0.3) is 5.69 Å². The maximum absolute atomic E-state index is 10.6. The van der Waals surface area contributed by atoms with Crippen molar-refractivity contribution in [1.29, 1.82) is 0 Å². The van der Waals surface area contributed by atoms with Crippen LogP contribution in [-0.2, 0) is 6.54 Å². The highest BCUT2D eigenvalue weighted by atomic mass is 16.6. The molecule has 0 atom stereocenters. The van der Waals surface area contributed by atoms with Gasteiger partial charge in [0.1, 0.15) is 0 Å². The van der Waals surface area contributed by atoms with Crippen molar-refractivity contribution in [3.63, 3.8) is 0 Å². The minimum absolute atomic E-state index is 0.0921. The topological polar surface area (TPSA) is 79.6 Å². The zero-order chi connectivity index (χ0) is 16.4. The van der Waals surface area contributed by atoms with Gasteiger partial charge in [-0.3, -0.25) is 10.1 Å². The molecule has 0 unspecified atom stereocenters. The van der Waals surface area contributed by atoms with Gasteiger partial charge in [-0.1, -0.05) is 37.6 Å². The van der Waals surface area contributed by atoms with Crippen LogP contribution in [0.1, 0.15) is 32.3 Å². The lowest BCUT2D eigenvalue weighted by Gasteiger charge is -2.12. The van der Waals surface area contributed by atoms with Gasteiger partial charge in [0.05, 0.1) is 11.5 Å². The SMILES string of the molecule is C=C(C)CNC(=NCc1ccc([N+](=O)[O-])cc1)NCCCC. The van der Waals surface area contributed by atoms with Crippen molar-refractivity contribution in [3.8, 4) is 0 Å². The largest absolute Gasteiger partial charge is 0.356 e. The smallest absolute Gasteiger partial charge is 0.269 e. The Balaban J connectivity index is 2.64. The zero-order valence-corrected chi connectivity index (χ0v) is 13.3. The Kier molecular flexibility index (Phi) is 7.67. The molecule has 0 aliphatic rings. The number of aliphatic imine (C=N–C) groups is 1. The van der Waals surface area contributed by atoms with Crippen LogP contribution in [0.25, 0.3) is 0 Å². The summed E-state index contributed by atoms with van der Waals surface area (Å²) < 4.78 is 0. The second-order valence-electron chi connectivity index (χ2n) is 5.18. The molecule has 6 nitrogen and oxygen atoms in total. The normalized spacial score (nSPS) is 11.1. The van der Waals surface area contributed by atoms with E-state index in [1.807, 2.05) is 6.92 Å². The Hall–Kier alpha value is -2.37. The predicted octanol–water partition coefficient (Wildman–Crippen LogP) is 3.01. The molecule has 2 N–H and O–H groups in total. The summed E-state index contributed by atoms with van der Waals surface area (Å²) in [5.41, 5.74) is 2.05. The van der Waals surface area contributed by atoms with Gasteiger partial charge in [-0.05, 0) is 18.9 Å². The van der Waals surface area contributed by atoms with E-state index in [2.05, 4.69) is 29.1 Å². The highest BCUT2D eigenvalue weighted by Crippen LogP contribution is 2.12. The number of nitrogens with zero attached hydrogens (tertiary/aromatic N) is 2. The Morgan fingerprint density at radius 1 is 1.32 bits per heavy atom. The number of hydrogen-bond donors (Lipinski definition) is 2. The van der Waals surface area contributed by atoms with E-state index in [1.165, 1.54) is 12.1 Å². The summed E-state index contributed by atoms with van der Waals surface area (Å²) in [5, 5.41) is 17.1. The molecule has 0 amide bonds. The van der Waals surface area contributed by atoms with Gasteiger partial charge >= 0.3 is 0 Å². The number of nitrogens with one attached hydrogen (secondary N) is 2. The van der Waals surface area contributed by atoms with Gasteiger partial charge in [-0.15, -0.1) is 0 Å². The minimum atomic E-state index is -0.404. The molecule has 0 fully saturated rings. The van der Waals surface area contributed by atoms with Crippen molar-refractivity contribution < 1.29 is 4.92 Å². The van der Waals surface area contributed by atoms with E-state index in [-0.39, 0.29) is 5.69 Å². The van der Waals surface area contributed by atoms with E-state index in [0.717, 1.165) is 36.5 Å². The van der Waals surface area contributed by atoms with Crippen molar-refractivity contribution in [2.45, 2.75) is 33.2 Å². The number of rotatable bonds is 8. The van der Waals surface area contributed by atoms with Crippen molar-refractivity contribution in [2.24, 2.45) is 4.99 Å². The third kappa shape index (κ3) is 6.88. The Morgan fingerprint density at radius 2 is 2.00 bits per heavy atom. The van der Waals surface area contributed by atoms with Crippen LogP contribution in [0.3, 0.4) is 0 Å². The van der Waals surface area contributed by atoms with Crippen molar-refractivity contribution in [2.75, 3.05) is 13.1 Å². The first kappa shape index (κ1) is 17.7. The molecule has 6 heteroatoms. The lowest BCUT2D eigenvalue weighted by molar-refractivity contribution is -0.384. The van der Waals surface area contributed by atoms with E-state index in [9.17, 15) is 10.1 Å². The average molecular weight is 304 g/mol. The summed E-state index contributed by atoms with van der Waals surface area (Å²) in [6.07, 6.45) is 2.19. The second-order valence-corrected chi connectivity index (χ2v) is 5.18. The third-order valence-corrected chi connectivity index (χ3v) is 2.95. The lowest BCUT2D eigenvalue weighted by Crippen LogP contribution is -2.38. The molecule has 120 valence electrons. The maximum atomic E-state index is 10.6. The first-order valence-electron chi connectivity index (χ1n) is 7.42. The highest BCUT2D eigenvalue weighted by molar-refractivity contribution is 5.80. The van der Waals surface area contributed by atoms with Crippen LogP contribution in [0.2, 0.25) is 0 Å². The van der Waals surface area contributed by atoms with Crippen molar-refractivity contribution >= 4 is 11.6 Å². The lowest BCUT2D eigenvalue weighted by atomic mass is 10.2. The minimum Gasteiger partial charge on any atom is -0.356 e. The molecule has 0 aromatic heterocycles. The van der Waals surface area contributed by atoms with E-state index < -0.39 is 4.92 Å². The van der Waals surface area contributed by atoms with Gasteiger partial charge in [-0.25, -0.2) is 4.99 Å². The van der Waals surface area contributed by atoms with Crippen LogP contribution in [0.15, 0.2) is 41.4 Å². The number of guanidine groups is 1. The Morgan fingerprint density at radius 3 is 2.55 bits per heavy atom. The Bertz CT molecular complexity index is 523. The van der Waals surface area contributed by atoms with E-state index in [4.69, 9.17) is 0 Å². The molecule has 0 heterocycles. The van der Waals surface area contributed by atoms with Crippen LogP contribution in [0.5, 0.6) is 0 Å². The zero-order valence-electron chi connectivity index (χ0n) is 13.3. The third-order valence-electron chi connectivity index (χ3n) is 2.95. The molecule has 1 rings (SSSR count). The number of nitro groups is 1. The molecule has 0 aliphatic carbocycles. The standard InChI is InChI=1S/C16H24N4O2/c1-4-5-10-17-16(18-11-13(2)3)19-12-14-6-8-15(9-7-14)20(21)22/h6-9H,2,4-5,10-12H2,1,3H3,(H2,17,18,19). The summed E-state index contributed by atoms with van der Waals surface area (Å²) >= 11 is 0. The number of unbranched alkanes of at least 4 members (excludes halogenated alkanes) is 1. The second kappa shape index (κ2) is 9.55. The summed E-state index contributed by atoms with van der Waals surface area (Å²) in [7, 11) is 0. The highest BCUT2D eigenvalue weighted by Gasteiger charge is 2.04. The predicted molar refractivity (Wildman–Crippen MR) is 90.0 cm³/mol. The van der Waals surface area contributed by atoms with Gasteiger partial charge in [0.2, 0.25) is 0 Å². The molecule has 0 spiro atoms. The molecule has 0 aliphatic heterocycles. The first-order valence-corrected chi connectivity index (χ1v) is 7.42. The molecular weight excluding hydrogens is 280 g/mol. The Labute approximate surface area is 131 Å². The fourth-order valence-electron chi connectivity index (χ4n) is 1.69. The summed E-state index contributed by atoms with van der Waals surface area (Å²) in [6.45, 7) is 9.94. The maximum Gasteiger partial charge on any atom is 0.269 e. The summed E-state index contributed by atoms with van der Waals surface area (Å²) in [4.78, 5) is 14.7. The van der Waals surface area contributed by atoms with E-state index >= 15 is 0 Å². The van der Waals surface area contributed by atoms with Crippen LogP contribution in [0.4, 0.5) is 5.69 Å². The van der Waals surface area contributed by atoms with Crippen LogP contribution in [-0.4, -0.2) is 24.0 Å². The fraction of sp³-hybridized carbons (Fsp3) is 0.438. The van der Waals surface area contributed by atoms with Crippen LogP contribution < -0.4 is 10.6 Å². The average Bonchev–Trinajstić information content (AvgIpc) is 2.49. The molecular formula is C16H24N4O2. The van der Waals surface area contributed by atoms with Crippen LogP contribution in [0, 0.1) is 10.1 Å². The fourth-order valence-corrected chi connectivity index (χ4v) is 1.69. The van der Waals surface area contributed by atoms with E-state index in [0.29, 0.717) is 13.1 Å². The van der Waals surface area contributed by atoms with Gasteiger partial charge in [0, 0.05) is 25.2 Å². The monoisotopic (exact) mass is 304 g/mol. The molecule has 0 saturated carbocycles. The quantitative estimate of drug-likeness (QED) is 0.193. The molecule has 22 heavy (non-hydrogen) atoms. The number of benzene rings is 1. The summed E-state index contributed by atoms with van der Waals surface area (Å²) in [6, 6.07) is 6.45. The molecule has 0 radical (unpaired) electrons. The van der Waals surface area contributed by atoms with Gasteiger partial charge in [-0.2, -0.15) is 0 Å². The molecule has 0 saturated heterocycles. The van der Waals surface area contributed by atoms with E-state index in [1.54, 1.807) is 12.1 Å². The number of hydrogen-bond acceptors (Lipinski definition) is 3. The first-order chi connectivity index (χ1) is 10.5. The molecule has 0 bridgehead atoms. The van der Waals surface area contributed by atoms with Crippen molar-refractivity contribution in [3.05, 3.63) is 52.1 Å². The molecule has 1 aromatic rings. The number of non-ortho nitro benzene ring substituents is 1. The number of nitro benzene ring substituents is 1. The summed E-state index contributed by atoms with van der Waals surface area (Å²) in [5.74, 6) is 0.731. The van der Waals surface area contributed by atoms with Gasteiger partial charge < -0.3 is 10.6 Å². The van der Waals surface area contributed by atoms with Gasteiger partial charge in [0.15, 0.2) is 5.96 Å². The molecule has 1 aromatic carbocycles. The van der Waals surface area contributed by atoms with Crippen molar-refractivity contribution in [1.82, 2.24) is 10.6 Å².